The van der Waals surface area contributed by atoms with Crippen molar-refractivity contribution in [2.24, 2.45) is 11.0 Å². The summed E-state index contributed by atoms with van der Waals surface area (Å²) in [4.78, 5) is 25.7. The highest BCUT2D eigenvalue weighted by atomic mass is 35.5. The van der Waals surface area contributed by atoms with E-state index in [1.165, 1.54) is 0 Å². The minimum Gasteiger partial charge on any atom is -0.470 e. The van der Waals surface area contributed by atoms with Crippen molar-refractivity contribution in [1.29, 1.82) is 0 Å². The van der Waals surface area contributed by atoms with Gasteiger partial charge in [-0.05, 0) is 42.3 Å². The maximum atomic E-state index is 12.3. The Bertz CT molecular complexity index is 999. The molecule has 0 spiro atoms. The van der Waals surface area contributed by atoms with E-state index >= 15 is 0 Å². The molecule has 4 rings (SSSR count). The fourth-order valence-electron chi connectivity index (χ4n) is 3.54. The Labute approximate surface area is 167 Å². The van der Waals surface area contributed by atoms with Crippen LogP contribution in [0.5, 0.6) is 5.88 Å². The van der Waals surface area contributed by atoms with Gasteiger partial charge in [0.15, 0.2) is 0 Å². The summed E-state index contributed by atoms with van der Waals surface area (Å²) in [5, 5.41) is 5.69. The Morgan fingerprint density at radius 1 is 1.36 bits per heavy atom. The molecule has 2 aromatic rings. The maximum Gasteiger partial charge on any atom is 0.226 e. The highest BCUT2D eigenvalue weighted by molar-refractivity contribution is 6.30. The second kappa shape index (κ2) is 6.79. The number of carbonyl (C=O) groups is 1. The molecule has 2 fully saturated rings. The Morgan fingerprint density at radius 3 is 2.75 bits per heavy atom. The fraction of sp³-hybridized carbons (Fsp3) is 0.526. The number of azide groups is 1. The Kier molecular flexibility index (Phi) is 4.56. The van der Waals surface area contributed by atoms with Crippen LogP contribution in [-0.4, -0.2) is 39.5 Å². The number of amides is 1. The predicted octanol–water partition coefficient (Wildman–Crippen LogP) is 4.22. The monoisotopic (exact) mass is 400 g/mol. The molecular formula is C19H21ClN6O2. The number of fused-ring (bicyclic) bond motifs is 1. The molecule has 8 nitrogen and oxygen atoms in total. The molecule has 0 N–H and O–H groups in total. The van der Waals surface area contributed by atoms with Crippen molar-refractivity contribution in [2.75, 3.05) is 6.54 Å². The van der Waals surface area contributed by atoms with Crippen molar-refractivity contribution in [3.63, 3.8) is 0 Å². The van der Waals surface area contributed by atoms with Gasteiger partial charge in [-0.3, -0.25) is 4.79 Å². The number of pyridine rings is 2. The molecule has 1 saturated carbocycles. The summed E-state index contributed by atoms with van der Waals surface area (Å²) in [6.07, 6.45) is 5.14. The number of rotatable bonds is 5. The molecule has 3 heterocycles. The smallest absolute Gasteiger partial charge is 0.226 e. The molecule has 0 radical (unpaired) electrons. The van der Waals surface area contributed by atoms with Crippen molar-refractivity contribution < 1.29 is 9.53 Å². The van der Waals surface area contributed by atoms with E-state index < -0.39 is 5.54 Å². The van der Waals surface area contributed by atoms with Crippen molar-refractivity contribution in [3.05, 3.63) is 39.6 Å². The number of halogens is 1. The molecule has 0 unspecified atom stereocenters. The van der Waals surface area contributed by atoms with Crippen LogP contribution in [0, 0.1) is 5.92 Å². The van der Waals surface area contributed by atoms with Crippen molar-refractivity contribution in [3.8, 4) is 5.88 Å². The van der Waals surface area contributed by atoms with Crippen LogP contribution in [0.2, 0.25) is 5.15 Å². The normalized spacial score (nSPS) is 21.8. The van der Waals surface area contributed by atoms with Crippen LogP contribution in [0.3, 0.4) is 0 Å². The first-order valence-electron chi connectivity index (χ1n) is 9.30. The van der Waals surface area contributed by atoms with Crippen molar-refractivity contribution >= 4 is 28.3 Å². The van der Waals surface area contributed by atoms with Crippen LogP contribution in [0.4, 0.5) is 0 Å². The fourth-order valence-corrected chi connectivity index (χ4v) is 3.70. The minimum absolute atomic E-state index is 0.00418. The molecule has 0 aromatic carbocycles. The van der Waals surface area contributed by atoms with Gasteiger partial charge in [-0.2, -0.15) is 0 Å². The first-order valence-corrected chi connectivity index (χ1v) is 9.67. The van der Waals surface area contributed by atoms with Crippen LogP contribution in [0.15, 0.2) is 23.6 Å². The van der Waals surface area contributed by atoms with Crippen LogP contribution >= 0.6 is 11.6 Å². The van der Waals surface area contributed by atoms with Crippen molar-refractivity contribution in [1.82, 2.24) is 14.9 Å². The van der Waals surface area contributed by atoms with Gasteiger partial charge in [-0.15, -0.1) is 0 Å². The first-order chi connectivity index (χ1) is 13.3. The highest BCUT2D eigenvalue weighted by Crippen LogP contribution is 2.38. The molecule has 2 aliphatic rings. The molecule has 1 aliphatic heterocycles. The predicted molar refractivity (Wildman–Crippen MR) is 105 cm³/mol. The quantitative estimate of drug-likeness (QED) is 0.324. The Hall–Kier alpha value is -2.57. The molecule has 1 aliphatic carbocycles. The highest BCUT2D eigenvalue weighted by Gasteiger charge is 2.45. The topological polar surface area (TPSA) is 104 Å². The van der Waals surface area contributed by atoms with Gasteiger partial charge in [0.05, 0.1) is 23.5 Å². The summed E-state index contributed by atoms with van der Waals surface area (Å²) in [6, 6.07) is 1.73. The second-order valence-corrected chi connectivity index (χ2v) is 8.33. The lowest BCUT2D eigenvalue weighted by molar-refractivity contribution is -0.148. The number of aromatic nitrogens is 2. The third kappa shape index (κ3) is 3.23. The number of ether oxygens (including phenoxy) is 1. The zero-order valence-corrected chi connectivity index (χ0v) is 16.7. The van der Waals surface area contributed by atoms with E-state index in [1.54, 1.807) is 18.5 Å². The van der Waals surface area contributed by atoms with E-state index in [1.807, 2.05) is 25.7 Å². The van der Waals surface area contributed by atoms with Gasteiger partial charge in [0, 0.05) is 23.2 Å². The lowest BCUT2D eigenvalue weighted by Crippen LogP contribution is -2.63. The van der Waals surface area contributed by atoms with Crippen LogP contribution in [0.1, 0.15) is 39.2 Å². The Morgan fingerprint density at radius 2 is 2.11 bits per heavy atom. The summed E-state index contributed by atoms with van der Waals surface area (Å²) in [5.74, 6) is 0.871. The van der Waals surface area contributed by atoms with E-state index in [2.05, 4.69) is 20.0 Å². The molecule has 2 atom stereocenters. The molecular weight excluding hydrogens is 380 g/mol. The SMILES string of the molecule is C[C@H]1[C@H](Oc2ncc(C(C)(C)N=[N+]=[N-])c3cc(Cl)ncc23)CN1C(=O)C1CC1. The molecule has 0 bridgehead atoms. The molecule has 9 heteroatoms. The van der Waals surface area contributed by atoms with Gasteiger partial charge in [-0.1, -0.05) is 30.6 Å². The van der Waals surface area contributed by atoms with E-state index in [4.69, 9.17) is 21.9 Å². The average Bonchev–Trinajstić information content (AvgIpc) is 3.48. The summed E-state index contributed by atoms with van der Waals surface area (Å²) in [5.41, 5.74) is 8.82. The van der Waals surface area contributed by atoms with Gasteiger partial charge < -0.3 is 9.64 Å². The number of carbonyl (C=O) groups excluding carboxylic acids is 1. The lowest BCUT2D eigenvalue weighted by Gasteiger charge is -2.45. The van der Waals surface area contributed by atoms with Crippen LogP contribution < -0.4 is 4.74 Å². The van der Waals surface area contributed by atoms with E-state index in [0.29, 0.717) is 23.0 Å². The van der Waals surface area contributed by atoms with Gasteiger partial charge in [0.2, 0.25) is 11.8 Å². The van der Waals surface area contributed by atoms with E-state index in [9.17, 15) is 4.79 Å². The van der Waals surface area contributed by atoms with Crippen molar-refractivity contribution in [2.45, 2.75) is 51.3 Å². The van der Waals surface area contributed by atoms with Gasteiger partial charge in [0.1, 0.15) is 11.3 Å². The third-order valence-corrected chi connectivity index (χ3v) is 5.74. The zero-order valence-electron chi connectivity index (χ0n) is 16.0. The van der Waals surface area contributed by atoms with E-state index in [-0.39, 0.29) is 24.0 Å². The maximum absolute atomic E-state index is 12.3. The zero-order chi connectivity index (χ0) is 20.1. The van der Waals surface area contributed by atoms with E-state index in [0.717, 1.165) is 23.8 Å². The first kappa shape index (κ1) is 18.8. The number of likely N-dealkylation sites (tertiary alicyclic amines) is 1. The summed E-state index contributed by atoms with van der Waals surface area (Å²) < 4.78 is 6.13. The molecule has 1 amide bonds. The largest absolute Gasteiger partial charge is 0.470 e. The van der Waals surface area contributed by atoms with Gasteiger partial charge in [0.25, 0.3) is 0 Å². The minimum atomic E-state index is -0.805. The molecule has 2 aromatic heterocycles. The lowest BCUT2D eigenvalue weighted by atomic mass is 9.93. The summed E-state index contributed by atoms with van der Waals surface area (Å²) in [7, 11) is 0. The number of hydrogen-bond acceptors (Lipinski definition) is 5. The number of nitrogens with zero attached hydrogens (tertiary/aromatic N) is 6. The summed E-state index contributed by atoms with van der Waals surface area (Å²) in [6.45, 7) is 6.18. The average molecular weight is 401 g/mol. The number of hydrogen-bond donors (Lipinski definition) is 0. The van der Waals surface area contributed by atoms with Gasteiger partial charge in [-0.25, -0.2) is 9.97 Å². The third-order valence-electron chi connectivity index (χ3n) is 5.53. The molecule has 1 saturated heterocycles. The van der Waals surface area contributed by atoms with Crippen LogP contribution in [-0.2, 0) is 10.3 Å². The molecule has 146 valence electrons. The van der Waals surface area contributed by atoms with Gasteiger partial charge >= 0.3 is 0 Å². The Balaban J connectivity index is 1.64. The standard InChI is InChI=1S/C19H21ClN6O2/c1-10-15(9-26(10)18(27)11-4-5-11)28-17-13-7-22-16(20)6-12(13)14(8-23-17)19(2,3)24-25-21/h6-8,10-11,15H,4-5,9H2,1-3H3/t10-,15+/m0/s1. The van der Waals surface area contributed by atoms with Crippen LogP contribution in [0.25, 0.3) is 21.2 Å². The molecule has 28 heavy (non-hydrogen) atoms. The summed E-state index contributed by atoms with van der Waals surface area (Å²) >= 11 is 6.11. The second-order valence-electron chi connectivity index (χ2n) is 7.94.